The Bertz CT molecular complexity index is 1530. The fourth-order valence-corrected chi connectivity index (χ4v) is 5.45. The number of unbranched alkanes of at least 4 members (excludes halogenated alkanes) is 1. The monoisotopic (exact) mass is 514 g/mol. The van der Waals surface area contributed by atoms with Gasteiger partial charge < -0.3 is 9.13 Å². The smallest absolute Gasteiger partial charge is 0.0541 e. The fourth-order valence-electron chi connectivity index (χ4n) is 4.96. The lowest BCUT2D eigenvalue weighted by Gasteiger charge is -2.10. The summed E-state index contributed by atoms with van der Waals surface area (Å²) < 4.78 is 6.19. The molecule has 0 unspecified atom stereocenters. The Kier molecular flexibility index (Phi) is 4.53. The van der Waals surface area contributed by atoms with E-state index in [4.69, 9.17) is 0 Å². The number of halogens is 1. The molecule has 0 radical (unpaired) electrons. The van der Waals surface area contributed by atoms with E-state index in [1.165, 1.54) is 65.7 Å². The summed E-state index contributed by atoms with van der Waals surface area (Å²) in [7, 11) is 0. The zero-order valence-electron chi connectivity index (χ0n) is 17.5. The van der Waals surface area contributed by atoms with Crippen molar-refractivity contribution >= 4 is 66.2 Å². The minimum Gasteiger partial charge on any atom is -0.340 e. The van der Waals surface area contributed by atoms with Gasteiger partial charge >= 0.3 is 0 Å². The third-order valence-corrected chi connectivity index (χ3v) is 7.06. The van der Waals surface area contributed by atoms with E-state index in [2.05, 4.69) is 124 Å². The van der Waals surface area contributed by atoms with Crippen LogP contribution in [0.15, 0.2) is 84.9 Å². The summed E-state index contributed by atoms with van der Waals surface area (Å²) >= 11 is 2.43. The van der Waals surface area contributed by atoms with Gasteiger partial charge in [0.15, 0.2) is 0 Å². The summed E-state index contributed by atoms with van der Waals surface area (Å²) in [4.78, 5) is 0. The maximum atomic E-state index is 2.50. The first-order chi connectivity index (χ1) is 15.3. The Hall–Kier alpha value is -2.79. The second-order valence-electron chi connectivity index (χ2n) is 8.24. The molecule has 0 spiro atoms. The van der Waals surface area contributed by atoms with E-state index in [0.29, 0.717) is 0 Å². The van der Waals surface area contributed by atoms with Crippen LogP contribution >= 0.6 is 22.6 Å². The van der Waals surface area contributed by atoms with Crippen molar-refractivity contribution in [2.45, 2.75) is 26.3 Å². The number of para-hydroxylation sites is 2. The molecular weight excluding hydrogens is 491 g/mol. The number of benzene rings is 4. The summed E-state index contributed by atoms with van der Waals surface area (Å²) in [5.74, 6) is 0. The molecule has 0 fully saturated rings. The first-order valence-electron chi connectivity index (χ1n) is 11.0. The van der Waals surface area contributed by atoms with Crippen molar-refractivity contribution in [2.24, 2.45) is 0 Å². The topological polar surface area (TPSA) is 9.86 Å². The van der Waals surface area contributed by atoms with E-state index in [9.17, 15) is 0 Å². The molecule has 0 aliphatic rings. The Morgan fingerprint density at radius 3 is 1.94 bits per heavy atom. The summed E-state index contributed by atoms with van der Waals surface area (Å²) in [6, 6.07) is 31.3. The van der Waals surface area contributed by atoms with Crippen LogP contribution < -0.4 is 0 Å². The maximum Gasteiger partial charge on any atom is 0.0541 e. The summed E-state index contributed by atoms with van der Waals surface area (Å²) in [6.07, 6.45) is 2.39. The van der Waals surface area contributed by atoms with Crippen LogP contribution in [0.5, 0.6) is 0 Å². The van der Waals surface area contributed by atoms with E-state index >= 15 is 0 Å². The second kappa shape index (κ2) is 7.41. The Labute approximate surface area is 195 Å². The van der Waals surface area contributed by atoms with Gasteiger partial charge in [-0.2, -0.15) is 0 Å². The predicted molar refractivity (Wildman–Crippen MR) is 141 cm³/mol. The number of nitrogens with zero attached hydrogens (tertiary/aromatic N) is 2. The Balaban J connectivity index is 1.69. The van der Waals surface area contributed by atoms with Crippen molar-refractivity contribution in [1.82, 2.24) is 9.13 Å². The average Bonchev–Trinajstić information content (AvgIpc) is 3.30. The lowest BCUT2D eigenvalue weighted by Crippen LogP contribution is -1.98. The van der Waals surface area contributed by atoms with Crippen LogP contribution in [0.1, 0.15) is 19.8 Å². The third-order valence-electron chi connectivity index (χ3n) is 6.38. The lowest BCUT2D eigenvalue weighted by molar-refractivity contribution is 0.665. The molecule has 6 aromatic rings. The molecule has 0 bridgehead atoms. The first kappa shape index (κ1) is 18.9. The second-order valence-corrected chi connectivity index (χ2v) is 9.48. The van der Waals surface area contributed by atoms with Crippen LogP contribution in [0.3, 0.4) is 0 Å². The molecule has 0 N–H and O–H groups in total. The molecule has 3 heteroatoms. The fraction of sp³-hybridized carbons (Fsp3) is 0.143. The highest BCUT2D eigenvalue weighted by atomic mass is 127. The van der Waals surface area contributed by atoms with E-state index in [0.717, 1.165) is 6.54 Å². The van der Waals surface area contributed by atoms with E-state index in [1.54, 1.807) is 0 Å². The third kappa shape index (κ3) is 2.90. The largest absolute Gasteiger partial charge is 0.340 e. The summed E-state index contributed by atoms with van der Waals surface area (Å²) in [5.41, 5.74) is 6.40. The van der Waals surface area contributed by atoms with Gasteiger partial charge in [-0.15, -0.1) is 0 Å². The minimum absolute atomic E-state index is 1.06. The molecular formula is C28H23IN2. The standard InChI is InChI=1S/C28H23IN2/c1-2-3-16-30-25-14-12-19(29)17-23(25)24-18-20(13-15-26(24)30)31-27-10-6-4-8-21(27)22-9-5-7-11-28(22)31/h4-15,17-18H,2-3,16H2,1H3. The number of rotatable bonds is 4. The molecule has 0 saturated heterocycles. The van der Waals surface area contributed by atoms with E-state index in [1.807, 2.05) is 0 Å². The number of hydrogen-bond acceptors (Lipinski definition) is 0. The van der Waals surface area contributed by atoms with Gasteiger partial charge in [0.05, 0.1) is 11.0 Å². The summed E-state index contributed by atoms with van der Waals surface area (Å²) in [5, 5.41) is 5.29. The van der Waals surface area contributed by atoms with Crippen LogP contribution in [-0.4, -0.2) is 9.13 Å². The normalized spacial score (nSPS) is 11.9. The van der Waals surface area contributed by atoms with Gasteiger partial charge in [-0.3, -0.25) is 0 Å². The van der Waals surface area contributed by atoms with Crippen molar-refractivity contribution in [2.75, 3.05) is 0 Å². The van der Waals surface area contributed by atoms with Crippen LogP contribution in [0.4, 0.5) is 0 Å². The molecule has 4 aromatic carbocycles. The van der Waals surface area contributed by atoms with Gasteiger partial charge in [-0.05, 0) is 77.5 Å². The first-order valence-corrected chi connectivity index (χ1v) is 12.0. The average molecular weight is 514 g/mol. The SMILES string of the molecule is CCCCn1c2ccc(I)cc2c2cc(-n3c4ccccc4c4ccccc43)ccc21. The van der Waals surface area contributed by atoms with Crippen LogP contribution in [0, 0.1) is 3.57 Å². The van der Waals surface area contributed by atoms with Crippen LogP contribution in [0.2, 0.25) is 0 Å². The van der Waals surface area contributed by atoms with Crippen molar-refractivity contribution < 1.29 is 0 Å². The number of fused-ring (bicyclic) bond motifs is 6. The van der Waals surface area contributed by atoms with E-state index < -0.39 is 0 Å². The van der Waals surface area contributed by atoms with Crippen molar-refractivity contribution in [3.63, 3.8) is 0 Å². The maximum absolute atomic E-state index is 2.50. The molecule has 152 valence electrons. The molecule has 0 atom stereocenters. The van der Waals surface area contributed by atoms with Crippen LogP contribution in [-0.2, 0) is 6.54 Å². The van der Waals surface area contributed by atoms with Gasteiger partial charge in [0, 0.05) is 48.4 Å². The van der Waals surface area contributed by atoms with Gasteiger partial charge in [0.1, 0.15) is 0 Å². The minimum atomic E-state index is 1.06. The highest BCUT2D eigenvalue weighted by Crippen LogP contribution is 2.36. The quantitative estimate of drug-likeness (QED) is 0.210. The van der Waals surface area contributed by atoms with Gasteiger partial charge in [0.2, 0.25) is 0 Å². The Morgan fingerprint density at radius 1 is 0.645 bits per heavy atom. The van der Waals surface area contributed by atoms with Crippen molar-refractivity contribution in [3.05, 3.63) is 88.5 Å². The molecule has 6 rings (SSSR count). The molecule has 2 aromatic heterocycles. The van der Waals surface area contributed by atoms with Gasteiger partial charge in [-0.25, -0.2) is 0 Å². The molecule has 31 heavy (non-hydrogen) atoms. The Morgan fingerprint density at radius 2 is 1.26 bits per heavy atom. The van der Waals surface area contributed by atoms with E-state index in [-0.39, 0.29) is 0 Å². The summed E-state index contributed by atoms with van der Waals surface area (Å²) in [6.45, 7) is 3.32. The van der Waals surface area contributed by atoms with Gasteiger partial charge in [-0.1, -0.05) is 49.7 Å². The zero-order valence-corrected chi connectivity index (χ0v) is 19.6. The van der Waals surface area contributed by atoms with Crippen LogP contribution in [0.25, 0.3) is 49.3 Å². The lowest BCUT2D eigenvalue weighted by atomic mass is 10.1. The van der Waals surface area contributed by atoms with Crippen molar-refractivity contribution in [1.29, 1.82) is 0 Å². The molecule has 0 saturated carbocycles. The molecule has 0 aliphatic carbocycles. The zero-order chi connectivity index (χ0) is 20.9. The highest BCUT2D eigenvalue weighted by molar-refractivity contribution is 14.1. The molecule has 0 amide bonds. The molecule has 0 aliphatic heterocycles. The van der Waals surface area contributed by atoms with Gasteiger partial charge in [0.25, 0.3) is 0 Å². The number of aryl methyl sites for hydroxylation is 1. The van der Waals surface area contributed by atoms with Crippen molar-refractivity contribution in [3.8, 4) is 5.69 Å². The predicted octanol–water partition coefficient (Wildman–Crippen LogP) is 8.30. The molecule has 2 heterocycles. The number of hydrogen-bond donors (Lipinski definition) is 0. The number of aromatic nitrogens is 2. The molecule has 2 nitrogen and oxygen atoms in total. The highest BCUT2D eigenvalue weighted by Gasteiger charge is 2.15.